The second-order valence-corrected chi connectivity index (χ2v) is 18.4. The summed E-state index contributed by atoms with van der Waals surface area (Å²) in [6.45, 7) is 4.46. The standard InChI is InChI=1S/C56H104O4/c1-3-5-7-9-11-13-15-17-19-20-21-22-23-24-25-26-27-28-29-30-31-32-33-34-35-36-37-39-40-42-44-46-48-50-52-54(56(58)59)60-55(57)53-51-49-47-45-43-41-38-18-16-14-12-10-8-6-4-2/h6,8,12,14,18,38,54H,3-5,7,9-11,13,15-17,19-37,39-53H2,1-2H3,(H,58,59)/b8-6-,14-12-,38-18-. The summed E-state index contributed by atoms with van der Waals surface area (Å²) in [4.78, 5) is 23.9. The molecule has 0 saturated heterocycles. The fraction of sp³-hybridized carbons (Fsp3) is 0.857. The molecule has 0 saturated carbocycles. The summed E-state index contributed by atoms with van der Waals surface area (Å²) in [6, 6.07) is 0. The Morgan fingerprint density at radius 2 is 0.683 bits per heavy atom. The van der Waals surface area contributed by atoms with E-state index in [1.807, 2.05) is 0 Å². The lowest BCUT2D eigenvalue weighted by Gasteiger charge is -2.13. The minimum atomic E-state index is -1.01. The van der Waals surface area contributed by atoms with Crippen molar-refractivity contribution in [3.8, 4) is 0 Å². The SMILES string of the molecule is CC/C=C\C/C=C\C/C=C\CCCCCCCC(=O)OC(CCCCCCCCCCCCCCCCCCCCCCCCCCCCCCCCCCCC)C(=O)O. The molecule has 0 aliphatic carbocycles. The van der Waals surface area contributed by atoms with E-state index in [4.69, 9.17) is 4.74 Å². The second kappa shape index (κ2) is 51.5. The predicted octanol–water partition coefficient (Wildman–Crippen LogP) is 19.2. The van der Waals surface area contributed by atoms with Gasteiger partial charge in [-0.2, -0.15) is 0 Å². The monoisotopic (exact) mass is 841 g/mol. The number of aliphatic carboxylic acids is 1. The van der Waals surface area contributed by atoms with Crippen molar-refractivity contribution in [3.05, 3.63) is 36.5 Å². The average Bonchev–Trinajstić information content (AvgIpc) is 3.24. The van der Waals surface area contributed by atoms with Crippen LogP contribution in [0.15, 0.2) is 36.5 Å². The first-order valence-electron chi connectivity index (χ1n) is 27.0. The van der Waals surface area contributed by atoms with E-state index >= 15 is 0 Å². The molecule has 0 spiro atoms. The molecular formula is C56H104O4. The number of allylic oxidation sites excluding steroid dienone is 6. The lowest BCUT2D eigenvalue weighted by Crippen LogP contribution is -2.27. The number of carbonyl (C=O) groups is 2. The van der Waals surface area contributed by atoms with E-state index in [0.717, 1.165) is 70.6 Å². The molecular weight excluding hydrogens is 737 g/mol. The Bertz CT molecular complexity index is 951. The van der Waals surface area contributed by atoms with Crippen LogP contribution in [0.2, 0.25) is 0 Å². The van der Waals surface area contributed by atoms with Gasteiger partial charge in [0.25, 0.3) is 0 Å². The number of esters is 1. The Morgan fingerprint density at radius 3 is 1.03 bits per heavy atom. The molecule has 1 N–H and O–H groups in total. The molecule has 0 radical (unpaired) electrons. The van der Waals surface area contributed by atoms with E-state index in [1.54, 1.807) is 0 Å². The maximum absolute atomic E-state index is 12.3. The number of ether oxygens (including phenoxy) is 1. The largest absolute Gasteiger partial charge is 0.479 e. The van der Waals surface area contributed by atoms with Crippen LogP contribution in [0.5, 0.6) is 0 Å². The van der Waals surface area contributed by atoms with Crippen LogP contribution in [0.4, 0.5) is 0 Å². The average molecular weight is 841 g/mol. The van der Waals surface area contributed by atoms with E-state index in [2.05, 4.69) is 50.3 Å². The molecule has 0 amide bonds. The highest BCUT2D eigenvalue weighted by atomic mass is 16.6. The first-order chi connectivity index (χ1) is 29.6. The van der Waals surface area contributed by atoms with E-state index in [0.29, 0.717) is 12.8 Å². The number of hydrogen-bond donors (Lipinski definition) is 1. The molecule has 4 heteroatoms. The molecule has 0 rings (SSSR count). The molecule has 0 aromatic heterocycles. The number of hydrogen-bond acceptors (Lipinski definition) is 3. The molecule has 1 atom stereocenters. The molecule has 0 fully saturated rings. The number of carboxylic acids is 1. The van der Waals surface area contributed by atoms with Crippen LogP contribution < -0.4 is 0 Å². The lowest BCUT2D eigenvalue weighted by atomic mass is 10.0. The molecule has 352 valence electrons. The van der Waals surface area contributed by atoms with E-state index in [9.17, 15) is 14.7 Å². The molecule has 0 heterocycles. The Hall–Kier alpha value is -1.84. The van der Waals surface area contributed by atoms with Crippen LogP contribution in [0.1, 0.15) is 303 Å². The number of unbranched alkanes of at least 4 members (excludes halogenated alkanes) is 38. The molecule has 0 aromatic carbocycles. The number of rotatable bonds is 50. The molecule has 0 bridgehead atoms. The third-order valence-corrected chi connectivity index (χ3v) is 12.4. The topological polar surface area (TPSA) is 63.6 Å². The lowest BCUT2D eigenvalue weighted by molar-refractivity contribution is -0.164. The highest BCUT2D eigenvalue weighted by molar-refractivity contribution is 5.77. The smallest absolute Gasteiger partial charge is 0.345 e. The summed E-state index contributed by atoms with van der Waals surface area (Å²) in [5, 5.41) is 9.56. The minimum absolute atomic E-state index is 0.323. The zero-order valence-corrected chi connectivity index (χ0v) is 40.5. The summed E-state index contributed by atoms with van der Waals surface area (Å²) in [5.41, 5.74) is 0. The van der Waals surface area contributed by atoms with Gasteiger partial charge < -0.3 is 9.84 Å². The van der Waals surface area contributed by atoms with Crippen LogP contribution in [0.25, 0.3) is 0 Å². The van der Waals surface area contributed by atoms with Crippen molar-refractivity contribution in [2.24, 2.45) is 0 Å². The quantitative estimate of drug-likeness (QED) is 0.0376. The number of carboxylic acid groups (broad SMARTS) is 1. The highest BCUT2D eigenvalue weighted by Gasteiger charge is 2.21. The van der Waals surface area contributed by atoms with Gasteiger partial charge in [-0.3, -0.25) is 4.79 Å². The van der Waals surface area contributed by atoms with Crippen LogP contribution >= 0.6 is 0 Å². The van der Waals surface area contributed by atoms with Crippen molar-refractivity contribution in [3.63, 3.8) is 0 Å². The molecule has 0 aliphatic rings. The maximum Gasteiger partial charge on any atom is 0.345 e. The Morgan fingerprint density at radius 1 is 0.383 bits per heavy atom. The summed E-state index contributed by atoms with van der Waals surface area (Å²) in [7, 11) is 0. The Balaban J connectivity index is 3.39. The predicted molar refractivity (Wildman–Crippen MR) is 264 cm³/mol. The van der Waals surface area contributed by atoms with Crippen molar-refractivity contribution in [1.82, 2.24) is 0 Å². The molecule has 0 aliphatic heterocycles. The molecule has 1 unspecified atom stereocenters. The van der Waals surface area contributed by atoms with Gasteiger partial charge in [-0.1, -0.05) is 281 Å². The van der Waals surface area contributed by atoms with Gasteiger partial charge in [0, 0.05) is 6.42 Å². The zero-order chi connectivity index (χ0) is 43.5. The summed E-state index contributed by atoms with van der Waals surface area (Å²) >= 11 is 0. The van der Waals surface area contributed by atoms with Crippen molar-refractivity contribution in [2.45, 2.75) is 309 Å². The van der Waals surface area contributed by atoms with Crippen molar-refractivity contribution in [2.75, 3.05) is 0 Å². The first-order valence-corrected chi connectivity index (χ1v) is 27.0. The molecule has 4 nitrogen and oxygen atoms in total. The summed E-state index contributed by atoms with van der Waals surface area (Å²) < 4.78 is 5.35. The Labute approximate surface area is 375 Å². The van der Waals surface area contributed by atoms with Crippen LogP contribution in [0, 0.1) is 0 Å². The van der Waals surface area contributed by atoms with Crippen molar-refractivity contribution >= 4 is 11.9 Å². The van der Waals surface area contributed by atoms with Gasteiger partial charge in [0.2, 0.25) is 0 Å². The minimum Gasteiger partial charge on any atom is -0.479 e. The second-order valence-electron chi connectivity index (χ2n) is 18.4. The number of carbonyl (C=O) groups excluding carboxylic acids is 1. The van der Waals surface area contributed by atoms with Crippen molar-refractivity contribution < 1.29 is 19.4 Å². The summed E-state index contributed by atoms with van der Waals surface area (Å²) in [5.74, 6) is -1.36. The van der Waals surface area contributed by atoms with Crippen LogP contribution in [-0.2, 0) is 14.3 Å². The fourth-order valence-corrected chi connectivity index (χ4v) is 8.40. The third-order valence-electron chi connectivity index (χ3n) is 12.4. The van der Waals surface area contributed by atoms with Gasteiger partial charge in [0.05, 0.1) is 0 Å². The normalized spacial score (nSPS) is 12.4. The van der Waals surface area contributed by atoms with Crippen LogP contribution in [0.3, 0.4) is 0 Å². The van der Waals surface area contributed by atoms with Gasteiger partial charge in [-0.15, -0.1) is 0 Å². The zero-order valence-electron chi connectivity index (χ0n) is 40.5. The van der Waals surface area contributed by atoms with Crippen LogP contribution in [-0.4, -0.2) is 23.1 Å². The third kappa shape index (κ3) is 48.8. The van der Waals surface area contributed by atoms with E-state index < -0.39 is 12.1 Å². The Kier molecular flexibility index (Phi) is 49.9. The first kappa shape index (κ1) is 58.2. The van der Waals surface area contributed by atoms with Gasteiger partial charge >= 0.3 is 11.9 Å². The van der Waals surface area contributed by atoms with E-state index in [1.165, 1.54) is 205 Å². The summed E-state index contributed by atoms with van der Waals surface area (Å²) in [6.07, 6.45) is 69.7. The fourth-order valence-electron chi connectivity index (χ4n) is 8.40. The van der Waals surface area contributed by atoms with Gasteiger partial charge in [0.1, 0.15) is 0 Å². The van der Waals surface area contributed by atoms with Crippen molar-refractivity contribution in [1.29, 1.82) is 0 Å². The molecule has 60 heavy (non-hydrogen) atoms. The van der Waals surface area contributed by atoms with Gasteiger partial charge in [-0.25, -0.2) is 4.79 Å². The van der Waals surface area contributed by atoms with Gasteiger partial charge in [0.15, 0.2) is 6.10 Å². The van der Waals surface area contributed by atoms with Gasteiger partial charge in [-0.05, 0) is 51.4 Å². The molecule has 0 aromatic rings. The maximum atomic E-state index is 12.3. The highest BCUT2D eigenvalue weighted by Crippen LogP contribution is 2.18. The van der Waals surface area contributed by atoms with E-state index in [-0.39, 0.29) is 5.97 Å².